The molecule has 0 amide bonds. The monoisotopic (exact) mass is 199 g/mol. The average Bonchev–Trinajstić information content (AvgIpc) is 2.15. The number of Topliss-reactive ketones (excluding diaryl/α,β-unsaturated/α-hetero) is 1. The second-order valence-electron chi connectivity index (χ2n) is 2.52. The highest BCUT2D eigenvalue weighted by Gasteiger charge is 2.39. The van der Waals surface area contributed by atoms with Crippen LogP contribution in [-0.2, 0) is 0 Å². The van der Waals surface area contributed by atoms with Gasteiger partial charge in [0, 0.05) is 5.56 Å². The fourth-order valence-electron chi connectivity index (χ4n) is 0.860. The van der Waals surface area contributed by atoms with Crippen molar-refractivity contribution >= 4 is 5.78 Å². The lowest BCUT2D eigenvalue weighted by Crippen LogP contribution is -2.22. The van der Waals surface area contributed by atoms with Crippen LogP contribution in [-0.4, -0.2) is 12.0 Å². The maximum Gasteiger partial charge on any atom is 0.454 e. The molecular weight excluding hydrogens is 195 g/mol. The van der Waals surface area contributed by atoms with Crippen molar-refractivity contribution in [3.63, 3.8) is 0 Å². The fraction of sp³-hybridized carbons (Fsp3) is 0.111. The van der Waals surface area contributed by atoms with Gasteiger partial charge in [-0.15, -0.1) is 0 Å². The summed E-state index contributed by atoms with van der Waals surface area (Å²) in [5, 5.41) is 8.37. The minimum absolute atomic E-state index is 0.212. The Labute approximate surface area is 77.6 Å². The van der Waals surface area contributed by atoms with E-state index in [4.69, 9.17) is 5.26 Å². The SMILES string of the molecule is N#Cc1ccc(C(=O)C(F)(F)F)cc1. The van der Waals surface area contributed by atoms with E-state index in [0.717, 1.165) is 12.1 Å². The van der Waals surface area contributed by atoms with Gasteiger partial charge >= 0.3 is 6.18 Å². The van der Waals surface area contributed by atoms with Crippen LogP contribution in [0.4, 0.5) is 13.2 Å². The zero-order valence-electron chi connectivity index (χ0n) is 6.80. The van der Waals surface area contributed by atoms with Gasteiger partial charge in [0.1, 0.15) is 0 Å². The van der Waals surface area contributed by atoms with E-state index in [0.29, 0.717) is 0 Å². The molecule has 0 bridgehead atoms. The summed E-state index contributed by atoms with van der Waals surface area (Å²) in [6.45, 7) is 0. The first kappa shape index (κ1) is 10.3. The molecule has 0 saturated carbocycles. The van der Waals surface area contributed by atoms with Gasteiger partial charge in [-0.2, -0.15) is 18.4 Å². The zero-order valence-corrected chi connectivity index (χ0v) is 6.80. The molecule has 0 N–H and O–H groups in total. The number of nitriles is 1. The number of alkyl halides is 3. The summed E-state index contributed by atoms with van der Waals surface area (Å²) < 4.78 is 35.7. The third-order valence-corrected chi connectivity index (χ3v) is 1.53. The minimum atomic E-state index is -4.87. The van der Waals surface area contributed by atoms with Gasteiger partial charge in [-0.25, -0.2) is 0 Å². The van der Waals surface area contributed by atoms with Crippen LogP contribution in [0.5, 0.6) is 0 Å². The van der Waals surface area contributed by atoms with Crippen molar-refractivity contribution in [3.05, 3.63) is 35.4 Å². The molecule has 1 rings (SSSR count). The largest absolute Gasteiger partial charge is 0.454 e. The molecule has 0 aliphatic carbocycles. The quantitative estimate of drug-likeness (QED) is 0.651. The van der Waals surface area contributed by atoms with E-state index >= 15 is 0 Å². The first-order valence-corrected chi connectivity index (χ1v) is 3.57. The molecule has 0 saturated heterocycles. The Balaban J connectivity index is 3.00. The Bertz CT molecular complexity index is 386. The normalized spacial score (nSPS) is 10.7. The number of nitrogens with zero attached hydrogens (tertiary/aromatic N) is 1. The number of carbonyl (C=O) groups is 1. The fourth-order valence-corrected chi connectivity index (χ4v) is 0.860. The molecule has 72 valence electrons. The van der Waals surface area contributed by atoms with Gasteiger partial charge in [-0.05, 0) is 24.3 Å². The molecule has 0 aromatic heterocycles. The van der Waals surface area contributed by atoms with E-state index in [1.807, 2.05) is 0 Å². The maximum absolute atomic E-state index is 11.9. The van der Waals surface area contributed by atoms with Crippen molar-refractivity contribution in [2.75, 3.05) is 0 Å². The molecule has 2 nitrogen and oxygen atoms in total. The van der Waals surface area contributed by atoms with Gasteiger partial charge in [0.15, 0.2) is 0 Å². The van der Waals surface area contributed by atoms with Gasteiger partial charge in [0.05, 0.1) is 11.6 Å². The number of rotatable bonds is 1. The topological polar surface area (TPSA) is 40.9 Å². The highest BCUT2D eigenvalue weighted by molar-refractivity contribution is 6.00. The summed E-state index contributed by atoms with van der Waals surface area (Å²) in [6.07, 6.45) is -4.87. The van der Waals surface area contributed by atoms with Crippen LogP contribution in [0, 0.1) is 11.3 Å². The van der Waals surface area contributed by atoms with E-state index in [-0.39, 0.29) is 5.56 Å². The van der Waals surface area contributed by atoms with E-state index in [9.17, 15) is 18.0 Å². The molecule has 0 fully saturated rings. The number of benzene rings is 1. The van der Waals surface area contributed by atoms with Crippen LogP contribution in [0.3, 0.4) is 0 Å². The summed E-state index contributed by atoms with van der Waals surface area (Å²) >= 11 is 0. The number of hydrogen-bond acceptors (Lipinski definition) is 2. The van der Waals surface area contributed by atoms with E-state index in [1.165, 1.54) is 12.1 Å². The van der Waals surface area contributed by atoms with Crippen LogP contribution >= 0.6 is 0 Å². The minimum Gasteiger partial charge on any atom is -0.284 e. The lowest BCUT2D eigenvalue weighted by molar-refractivity contribution is -0.0885. The van der Waals surface area contributed by atoms with Crippen LogP contribution in [0.1, 0.15) is 15.9 Å². The van der Waals surface area contributed by atoms with Gasteiger partial charge < -0.3 is 0 Å². The molecule has 0 aliphatic rings. The van der Waals surface area contributed by atoms with E-state index in [2.05, 4.69) is 0 Å². The molecule has 5 heteroatoms. The van der Waals surface area contributed by atoms with Crippen molar-refractivity contribution in [2.45, 2.75) is 6.18 Å². The highest BCUT2D eigenvalue weighted by atomic mass is 19.4. The van der Waals surface area contributed by atoms with Crippen molar-refractivity contribution in [1.29, 1.82) is 5.26 Å². The standard InChI is InChI=1S/C9H4F3NO/c10-9(11,12)8(14)7-3-1-6(5-13)2-4-7/h1-4H. The molecule has 1 aromatic rings. The van der Waals surface area contributed by atoms with E-state index < -0.39 is 17.5 Å². The molecule has 14 heavy (non-hydrogen) atoms. The molecule has 0 spiro atoms. The molecular formula is C9H4F3NO. The molecule has 0 aliphatic heterocycles. The number of ketones is 1. The van der Waals surface area contributed by atoms with Crippen LogP contribution in [0.2, 0.25) is 0 Å². The van der Waals surface area contributed by atoms with Gasteiger partial charge in [0.2, 0.25) is 0 Å². The van der Waals surface area contributed by atoms with E-state index in [1.54, 1.807) is 6.07 Å². The summed E-state index contributed by atoms with van der Waals surface area (Å²) in [7, 11) is 0. The van der Waals surface area contributed by atoms with Gasteiger partial charge in [-0.3, -0.25) is 4.79 Å². The Kier molecular flexibility index (Phi) is 2.56. The second-order valence-corrected chi connectivity index (χ2v) is 2.52. The van der Waals surface area contributed by atoms with Crippen molar-refractivity contribution < 1.29 is 18.0 Å². The molecule has 0 radical (unpaired) electrons. The molecule has 0 heterocycles. The Hall–Kier alpha value is -1.83. The lowest BCUT2D eigenvalue weighted by Gasteiger charge is -2.04. The first-order valence-electron chi connectivity index (χ1n) is 3.57. The summed E-state index contributed by atoms with van der Waals surface area (Å²) in [5.74, 6) is -1.90. The smallest absolute Gasteiger partial charge is 0.284 e. The van der Waals surface area contributed by atoms with Crippen LogP contribution < -0.4 is 0 Å². The van der Waals surface area contributed by atoms with Gasteiger partial charge in [0.25, 0.3) is 5.78 Å². The summed E-state index contributed by atoms with van der Waals surface area (Å²) in [4.78, 5) is 10.7. The maximum atomic E-state index is 11.9. The third-order valence-electron chi connectivity index (χ3n) is 1.53. The molecule has 1 aromatic carbocycles. The Morgan fingerprint density at radius 2 is 1.71 bits per heavy atom. The number of halogens is 3. The Morgan fingerprint density at radius 1 is 1.21 bits per heavy atom. The zero-order chi connectivity index (χ0) is 10.8. The predicted octanol–water partition coefficient (Wildman–Crippen LogP) is 2.30. The van der Waals surface area contributed by atoms with Crippen molar-refractivity contribution in [2.24, 2.45) is 0 Å². The number of hydrogen-bond donors (Lipinski definition) is 0. The van der Waals surface area contributed by atoms with Crippen LogP contribution in [0.25, 0.3) is 0 Å². The second kappa shape index (κ2) is 3.50. The Morgan fingerprint density at radius 3 is 2.07 bits per heavy atom. The van der Waals surface area contributed by atoms with Crippen LogP contribution in [0.15, 0.2) is 24.3 Å². The highest BCUT2D eigenvalue weighted by Crippen LogP contribution is 2.21. The summed E-state index contributed by atoms with van der Waals surface area (Å²) in [6, 6.07) is 6.03. The number of carbonyl (C=O) groups excluding carboxylic acids is 1. The average molecular weight is 199 g/mol. The third kappa shape index (κ3) is 2.10. The first-order chi connectivity index (χ1) is 6.45. The summed E-state index contributed by atoms with van der Waals surface area (Å²) in [5.41, 5.74) is -0.250. The van der Waals surface area contributed by atoms with Crippen molar-refractivity contribution in [3.8, 4) is 6.07 Å². The lowest BCUT2D eigenvalue weighted by atomic mass is 10.1. The molecule has 0 unspecified atom stereocenters. The molecule has 0 atom stereocenters. The predicted molar refractivity (Wildman–Crippen MR) is 41.5 cm³/mol. The van der Waals surface area contributed by atoms with Gasteiger partial charge in [-0.1, -0.05) is 0 Å². The van der Waals surface area contributed by atoms with Crippen molar-refractivity contribution in [1.82, 2.24) is 0 Å².